The van der Waals surface area contributed by atoms with E-state index < -0.39 is 0 Å². The molecule has 0 aromatic carbocycles. The lowest BCUT2D eigenvalue weighted by atomic mass is 9.87. The van der Waals surface area contributed by atoms with Gasteiger partial charge in [0.2, 0.25) is 0 Å². The number of halogens is 1. The van der Waals surface area contributed by atoms with Crippen molar-refractivity contribution in [2.24, 2.45) is 5.92 Å². The maximum Gasteiger partial charge on any atom is 0.137 e. The molecule has 1 aliphatic rings. The molecule has 0 saturated heterocycles. The molecule has 1 aromatic heterocycles. The predicted octanol–water partition coefficient (Wildman–Crippen LogP) is 3.99. The van der Waals surface area contributed by atoms with Crippen LogP contribution in [-0.2, 0) is 6.42 Å². The molecule has 0 atom stereocenters. The Morgan fingerprint density at radius 3 is 2.50 bits per heavy atom. The van der Waals surface area contributed by atoms with Gasteiger partial charge in [-0.05, 0) is 38.5 Å². The number of anilines is 1. The second-order valence-corrected chi connectivity index (χ2v) is 5.72. The van der Waals surface area contributed by atoms with Crippen LogP contribution < -0.4 is 5.32 Å². The SMILES string of the molecule is CCc1nc(Cl)c(C)c(NC2CCC(C)CC2)n1. The van der Waals surface area contributed by atoms with Crippen LogP contribution in [0.4, 0.5) is 5.82 Å². The van der Waals surface area contributed by atoms with Gasteiger partial charge in [-0.1, -0.05) is 25.4 Å². The largest absolute Gasteiger partial charge is 0.367 e. The molecule has 0 radical (unpaired) electrons. The van der Waals surface area contributed by atoms with Crippen LogP contribution in [0.15, 0.2) is 0 Å². The van der Waals surface area contributed by atoms with Gasteiger partial charge in [-0.25, -0.2) is 9.97 Å². The number of nitrogens with zero attached hydrogens (tertiary/aromatic N) is 2. The quantitative estimate of drug-likeness (QED) is 0.842. The fraction of sp³-hybridized carbons (Fsp3) is 0.714. The van der Waals surface area contributed by atoms with E-state index >= 15 is 0 Å². The molecule has 0 amide bonds. The smallest absolute Gasteiger partial charge is 0.137 e. The number of aromatic nitrogens is 2. The molecule has 0 bridgehead atoms. The van der Waals surface area contributed by atoms with Crippen LogP contribution >= 0.6 is 11.6 Å². The highest BCUT2D eigenvalue weighted by atomic mass is 35.5. The summed E-state index contributed by atoms with van der Waals surface area (Å²) in [7, 11) is 0. The van der Waals surface area contributed by atoms with Gasteiger partial charge in [0.1, 0.15) is 16.8 Å². The van der Waals surface area contributed by atoms with Gasteiger partial charge in [0.25, 0.3) is 0 Å². The highest BCUT2D eigenvalue weighted by Gasteiger charge is 2.19. The zero-order valence-corrected chi connectivity index (χ0v) is 12.2. The van der Waals surface area contributed by atoms with Crippen molar-refractivity contribution in [2.75, 3.05) is 5.32 Å². The maximum absolute atomic E-state index is 6.15. The van der Waals surface area contributed by atoms with E-state index in [1.165, 1.54) is 25.7 Å². The van der Waals surface area contributed by atoms with Gasteiger partial charge in [-0.15, -0.1) is 0 Å². The molecule has 3 nitrogen and oxygen atoms in total. The van der Waals surface area contributed by atoms with Crippen molar-refractivity contribution in [1.82, 2.24) is 9.97 Å². The van der Waals surface area contributed by atoms with Crippen LogP contribution in [0.25, 0.3) is 0 Å². The number of rotatable bonds is 3. The van der Waals surface area contributed by atoms with Crippen LogP contribution in [0.1, 0.15) is 50.9 Å². The van der Waals surface area contributed by atoms with Gasteiger partial charge in [-0.2, -0.15) is 0 Å². The topological polar surface area (TPSA) is 37.8 Å². The molecular weight excluding hydrogens is 246 g/mol. The summed E-state index contributed by atoms with van der Waals surface area (Å²) in [5.41, 5.74) is 0.965. The summed E-state index contributed by atoms with van der Waals surface area (Å²) < 4.78 is 0. The molecule has 0 spiro atoms. The van der Waals surface area contributed by atoms with Crippen molar-refractivity contribution >= 4 is 17.4 Å². The Morgan fingerprint density at radius 2 is 1.89 bits per heavy atom. The monoisotopic (exact) mass is 267 g/mol. The van der Waals surface area contributed by atoms with Crippen LogP contribution in [0.2, 0.25) is 5.15 Å². The number of hydrogen-bond acceptors (Lipinski definition) is 3. The van der Waals surface area contributed by atoms with E-state index in [-0.39, 0.29) is 0 Å². The highest BCUT2D eigenvalue weighted by molar-refractivity contribution is 6.30. The molecular formula is C14H22ClN3. The normalized spacial score (nSPS) is 24.0. The van der Waals surface area contributed by atoms with Gasteiger partial charge in [0, 0.05) is 18.0 Å². The molecule has 1 fully saturated rings. The summed E-state index contributed by atoms with van der Waals surface area (Å²) in [5.74, 6) is 2.60. The maximum atomic E-state index is 6.15. The van der Waals surface area contributed by atoms with Crippen molar-refractivity contribution < 1.29 is 0 Å². The van der Waals surface area contributed by atoms with E-state index in [4.69, 9.17) is 11.6 Å². The molecule has 1 N–H and O–H groups in total. The minimum Gasteiger partial charge on any atom is -0.367 e. The third-order valence-corrected chi connectivity index (χ3v) is 4.17. The first-order valence-corrected chi connectivity index (χ1v) is 7.27. The molecule has 2 rings (SSSR count). The average molecular weight is 268 g/mol. The minimum absolute atomic E-state index is 0.538. The number of hydrogen-bond donors (Lipinski definition) is 1. The van der Waals surface area contributed by atoms with Crippen molar-refractivity contribution in [2.45, 2.75) is 58.9 Å². The summed E-state index contributed by atoms with van der Waals surface area (Å²) in [6.45, 7) is 6.36. The van der Waals surface area contributed by atoms with Gasteiger partial charge < -0.3 is 5.32 Å². The molecule has 0 aliphatic heterocycles. The van der Waals surface area contributed by atoms with Crippen molar-refractivity contribution in [3.63, 3.8) is 0 Å². The van der Waals surface area contributed by atoms with Crippen LogP contribution in [0.5, 0.6) is 0 Å². The molecule has 0 unspecified atom stereocenters. The fourth-order valence-electron chi connectivity index (χ4n) is 2.43. The van der Waals surface area contributed by atoms with E-state index in [0.29, 0.717) is 11.2 Å². The average Bonchev–Trinajstić information content (AvgIpc) is 2.37. The van der Waals surface area contributed by atoms with Crippen molar-refractivity contribution in [3.05, 3.63) is 16.5 Å². The van der Waals surface area contributed by atoms with E-state index in [9.17, 15) is 0 Å². The van der Waals surface area contributed by atoms with Crippen molar-refractivity contribution in [1.29, 1.82) is 0 Å². The minimum atomic E-state index is 0.538. The Morgan fingerprint density at radius 1 is 1.22 bits per heavy atom. The second-order valence-electron chi connectivity index (χ2n) is 5.36. The molecule has 1 aromatic rings. The highest BCUT2D eigenvalue weighted by Crippen LogP contribution is 2.27. The lowest BCUT2D eigenvalue weighted by Gasteiger charge is -2.28. The van der Waals surface area contributed by atoms with E-state index in [1.807, 2.05) is 13.8 Å². The first-order valence-electron chi connectivity index (χ1n) is 6.89. The fourth-order valence-corrected chi connectivity index (χ4v) is 2.62. The Kier molecular flexibility index (Phi) is 4.44. The lowest BCUT2D eigenvalue weighted by molar-refractivity contribution is 0.360. The Bertz CT molecular complexity index is 412. The van der Waals surface area contributed by atoms with Crippen LogP contribution in [0, 0.1) is 12.8 Å². The van der Waals surface area contributed by atoms with Crippen LogP contribution in [0.3, 0.4) is 0 Å². The van der Waals surface area contributed by atoms with E-state index in [2.05, 4.69) is 22.2 Å². The molecule has 1 heterocycles. The van der Waals surface area contributed by atoms with Crippen molar-refractivity contribution in [3.8, 4) is 0 Å². The first-order chi connectivity index (χ1) is 8.60. The zero-order valence-electron chi connectivity index (χ0n) is 11.5. The van der Waals surface area contributed by atoms with Gasteiger partial charge in [0.15, 0.2) is 0 Å². The van der Waals surface area contributed by atoms with Gasteiger partial charge in [0.05, 0.1) is 0 Å². The van der Waals surface area contributed by atoms with Gasteiger partial charge in [-0.3, -0.25) is 0 Å². The second kappa shape index (κ2) is 5.87. The predicted molar refractivity (Wildman–Crippen MR) is 76.2 cm³/mol. The third kappa shape index (κ3) is 3.14. The Labute approximate surface area is 114 Å². The van der Waals surface area contributed by atoms with Gasteiger partial charge >= 0.3 is 0 Å². The number of aryl methyl sites for hydroxylation is 1. The summed E-state index contributed by atoms with van der Waals surface area (Å²) in [6, 6.07) is 0.538. The summed E-state index contributed by atoms with van der Waals surface area (Å²) in [6.07, 6.45) is 5.87. The van der Waals surface area contributed by atoms with Crippen LogP contribution in [-0.4, -0.2) is 16.0 Å². The van der Waals surface area contributed by atoms with E-state index in [0.717, 1.165) is 29.5 Å². The summed E-state index contributed by atoms with van der Waals surface area (Å²) in [4.78, 5) is 8.83. The molecule has 4 heteroatoms. The molecule has 100 valence electrons. The Hall–Kier alpha value is -0.830. The standard InChI is InChI=1S/C14H22ClN3/c1-4-12-17-13(15)10(3)14(18-12)16-11-7-5-9(2)6-8-11/h9,11H,4-8H2,1-3H3,(H,16,17,18). The molecule has 18 heavy (non-hydrogen) atoms. The third-order valence-electron chi connectivity index (χ3n) is 3.81. The lowest BCUT2D eigenvalue weighted by Crippen LogP contribution is -2.26. The van der Waals surface area contributed by atoms with E-state index in [1.54, 1.807) is 0 Å². The zero-order chi connectivity index (χ0) is 13.1. The first kappa shape index (κ1) is 13.6. The summed E-state index contributed by atoms with van der Waals surface area (Å²) in [5, 5.41) is 4.13. The number of nitrogens with one attached hydrogen (secondary N) is 1. The molecule has 1 saturated carbocycles. The Balaban J connectivity index is 2.10. The summed E-state index contributed by atoms with van der Waals surface area (Å²) >= 11 is 6.15. The molecule has 1 aliphatic carbocycles.